The summed E-state index contributed by atoms with van der Waals surface area (Å²) in [5.41, 5.74) is 4.69. The van der Waals surface area contributed by atoms with Crippen molar-refractivity contribution in [2.75, 3.05) is 19.5 Å². The quantitative estimate of drug-likeness (QED) is 0.275. The molecule has 7 heteroatoms. The smallest absolute Gasteiger partial charge is 0.337 e. The summed E-state index contributed by atoms with van der Waals surface area (Å²) in [5, 5.41) is 12.2. The zero-order chi connectivity index (χ0) is 25.4. The fraction of sp³-hybridized carbons (Fsp3) is 0.179. The van der Waals surface area contributed by atoms with Crippen molar-refractivity contribution in [3.05, 3.63) is 94.1 Å². The van der Waals surface area contributed by atoms with Crippen LogP contribution < -0.4 is 14.8 Å². The predicted octanol–water partition coefficient (Wildman–Crippen LogP) is 5.22. The summed E-state index contributed by atoms with van der Waals surface area (Å²) in [5.74, 6) is -0.0139. The van der Waals surface area contributed by atoms with Crippen molar-refractivity contribution in [1.82, 2.24) is 0 Å². The zero-order valence-corrected chi connectivity index (χ0v) is 20.0. The lowest BCUT2D eigenvalue weighted by molar-refractivity contribution is -0.112. The molecule has 7 nitrogen and oxygen atoms in total. The number of carbonyl (C=O) groups is 2. The Morgan fingerprint density at radius 2 is 1.63 bits per heavy atom. The molecule has 0 heterocycles. The molecule has 0 fully saturated rings. The maximum absolute atomic E-state index is 12.6. The highest BCUT2D eigenvalue weighted by Gasteiger charge is 2.12. The molecule has 0 aromatic heterocycles. The monoisotopic (exact) mass is 470 g/mol. The van der Waals surface area contributed by atoms with Crippen LogP contribution in [0.25, 0.3) is 6.08 Å². The van der Waals surface area contributed by atoms with Crippen molar-refractivity contribution < 1.29 is 23.8 Å². The van der Waals surface area contributed by atoms with Gasteiger partial charge in [0.25, 0.3) is 5.91 Å². The zero-order valence-electron chi connectivity index (χ0n) is 20.0. The molecular formula is C28H26N2O5. The number of ether oxygens (including phenoxy) is 3. The number of esters is 1. The molecular weight excluding hydrogens is 444 g/mol. The third-order valence-electron chi connectivity index (χ3n) is 5.10. The second kappa shape index (κ2) is 11.5. The molecule has 0 radical (unpaired) electrons. The van der Waals surface area contributed by atoms with Crippen LogP contribution in [0, 0.1) is 25.2 Å². The normalized spacial score (nSPS) is 10.8. The van der Waals surface area contributed by atoms with Crippen molar-refractivity contribution in [3.8, 4) is 17.6 Å². The topological polar surface area (TPSA) is 97.7 Å². The largest absolute Gasteiger partial charge is 0.493 e. The van der Waals surface area contributed by atoms with E-state index in [2.05, 4.69) is 28.3 Å². The molecule has 1 N–H and O–H groups in total. The van der Waals surface area contributed by atoms with Crippen LogP contribution in [0.4, 0.5) is 5.69 Å². The number of carbonyl (C=O) groups excluding carboxylic acids is 2. The summed E-state index contributed by atoms with van der Waals surface area (Å²) in [4.78, 5) is 24.1. The molecule has 3 aromatic carbocycles. The predicted molar refractivity (Wildman–Crippen MR) is 133 cm³/mol. The van der Waals surface area contributed by atoms with E-state index in [1.54, 1.807) is 30.3 Å². The van der Waals surface area contributed by atoms with Gasteiger partial charge in [-0.1, -0.05) is 35.4 Å². The van der Waals surface area contributed by atoms with Gasteiger partial charge in [-0.25, -0.2) is 4.79 Å². The van der Waals surface area contributed by atoms with Crippen LogP contribution in [-0.2, 0) is 16.1 Å². The first-order valence-corrected chi connectivity index (χ1v) is 10.8. The van der Waals surface area contributed by atoms with E-state index in [0.29, 0.717) is 34.9 Å². The third kappa shape index (κ3) is 6.71. The van der Waals surface area contributed by atoms with Gasteiger partial charge in [0.1, 0.15) is 18.2 Å². The first-order valence-electron chi connectivity index (χ1n) is 10.8. The van der Waals surface area contributed by atoms with E-state index in [1.807, 2.05) is 19.9 Å². The lowest BCUT2D eigenvalue weighted by atomic mass is 10.1. The number of anilines is 1. The number of aryl methyl sites for hydroxylation is 2. The summed E-state index contributed by atoms with van der Waals surface area (Å²) in [7, 11) is 2.82. The number of rotatable bonds is 8. The second-order valence-electron chi connectivity index (χ2n) is 7.89. The van der Waals surface area contributed by atoms with Gasteiger partial charge in [-0.05, 0) is 67.4 Å². The molecule has 3 rings (SSSR count). The Morgan fingerprint density at radius 3 is 2.23 bits per heavy atom. The number of methoxy groups -OCH3 is 2. The highest BCUT2D eigenvalue weighted by molar-refractivity contribution is 6.09. The van der Waals surface area contributed by atoms with Gasteiger partial charge >= 0.3 is 5.97 Å². The average Bonchev–Trinajstić information content (AvgIpc) is 2.85. The Labute approximate surface area is 204 Å². The number of nitriles is 1. The summed E-state index contributed by atoms with van der Waals surface area (Å²) < 4.78 is 16.1. The maximum Gasteiger partial charge on any atom is 0.337 e. The van der Waals surface area contributed by atoms with Crippen LogP contribution >= 0.6 is 0 Å². The van der Waals surface area contributed by atoms with Gasteiger partial charge in [-0.2, -0.15) is 5.26 Å². The molecule has 0 aliphatic rings. The molecule has 0 spiro atoms. The third-order valence-corrected chi connectivity index (χ3v) is 5.10. The van der Waals surface area contributed by atoms with Crippen molar-refractivity contribution in [3.63, 3.8) is 0 Å². The summed E-state index contributed by atoms with van der Waals surface area (Å²) in [6, 6.07) is 19.5. The van der Waals surface area contributed by atoms with Crippen molar-refractivity contribution in [2.45, 2.75) is 20.5 Å². The van der Waals surface area contributed by atoms with Crippen molar-refractivity contribution in [1.29, 1.82) is 5.26 Å². The van der Waals surface area contributed by atoms with E-state index < -0.39 is 11.9 Å². The number of hydrogen-bond acceptors (Lipinski definition) is 6. The maximum atomic E-state index is 12.6. The summed E-state index contributed by atoms with van der Waals surface area (Å²) >= 11 is 0. The Bertz CT molecular complexity index is 1280. The number of nitrogens with one attached hydrogen (secondary N) is 1. The van der Waals surface area contributed by atoms with E-state index >= 15 is 0 Å². The molecule has 0 unspecified atom stereocenters. The van der Waals surface area contributed by atoms with Gasteiger partial charge in [-0.3, -0.25) is 4.79 Å². The minimum Gasteiger partial charge on any atom is -0.493 e. The molecule has 35 heavy (non-hydrogen) atoms. The van der Waals surface area contributed by atoms with Gasteiger partial charge < -0.3 is 19.5 Å². The van der Waals surface area contributed by atoms with Gasteiger partial charge in [0.15, 0.2) is 11.5 Å². The standard InChI is InChI=1S/C28H26N2O5/c1-18-11-19(2)13-21(12-18)17-35-25-10-5-20(15-26(25)33-3)14-23(16-29)27(31)30-24-8-6-22(7-9-24)28(32)34-4/h5-15H,17H2,1-4H3,(H,30,31)/b23-14+. The molecule has 0 bridgehead atoms. The lowest BCUT2D eigenvalue weighted by Gasteiger charge is -2.12. The van der Waals surface area contributed by atoms with Crippen LogP contribution in [0.1, 0.15) is 32.6 Å². The van der Waals surface area contributed by atoms with Gasteiger partial charge in [0.05, 0.1) is 19.8 Å². The molecule has 0 aliphatic heterocycles. The van der Waals surface area contributed by atoms with E-state index in [-0.39, 0.29) is 5.57 Å². The Balaban J connectivity index is 1.73. The highest BCUT2D eigenvalue weighted by Crippen LogP contribution is 2.30. The molecule has 0 saturated carbocycles. The van der Waals surface area contributed by atoms with Crippen molar-refractivity contribution >= 4 is 23.6 Å². The number of benzene rings is 3. The Kier molecular flexibility index (Phi) is 8.25. The van der Waals surface area contributed by atoms with Crippen LogP contribution in [0.2, 0.25) is 0 Å². The number of hydrogen-bond donors (Lipinski definition) is 1. The van der Waals surface area contributed by atoms with Crippen LogP contribution in [0.5, 0.6) is 11.5 Å². The Hall–Kier alpha value is -4.57. The fourth-order valence-corrected chi connectivity index (χ4v) is 3.53. The van der Waals surface area contributed by atoms with Crippen LogP contribution in [0.3, 0.4) is 0 Å². The minimum absolute atomic E-state index is 0.0898. The van der Waals surface area contributed by atoms with E-state index in [0.717, 1.165) is 16.7 Å². The van der Waals surface area contributed by atoms with Gasteiger partial charge in [0.2, 0.25) is 0 Å². The Morgan fingerprint density at radius 1 is 0.943 bits per heavy atom. The first kappa shape index (κ1) is 25.1. The van der Waals surface area contributed by atoms with E-state index in [1.165, 1.54) is 32.4 Å². The molecule has 0 saturated heterocycles. The number of amides is 1. The molecule has 3 aromatic rings. The van der Waals surface area contributed by atoms with Crippen LogP contribution in [0.15, 0.2) is 66.2 Å². The molecule has 178 valence electrons. The van der Waals surface area contributed by atoms with Gasteiger partial charge in [-0.15, -0.1) is 0 Å². The second-order valence-corrected chi connectivity index (χ2v) is 7.89. The minimum atomic E-state index is -0.576. The summed E-state index contributed by atoms with van der Waals surface area (Å²) in [6.45, 7) is 4.46. The molecule has 0 aliphatic carbocycles. The summed E-state index contributed by atoms with van der Waals surface area (Å²) in [6.07, 6.45) is 1.47. The lowest BCUT2D eigenvalue weighted by Crippen LogP contribution is -2.13. The number of nitrogens with zero attached hydrogens (tertiary/aromatic N) is 1. The average molecular weight is 471 g/mol. The van der Waals surface area contributed by atoms with Crippen LogP contribution in [-0.4, -0.2) is 26.1 Å². The first-order chi connectivity index (χ1) is 16.8. The highest BCUT2D eigenvalue weighted by atomic mass is 16.5. The SMILES string of the molecule is COC(=O)c1ccc(NC(=O)/C(C#N)=C/c2ccc(OCc3cc(C)cc(C)c3)c(OC)c2)cc1. The van der Waals surface area contributed by atoms with Gasteiger partial charge in [0, 0.05) is 5.69 Å². The van der Waals surface area contributed by atoms with E-state index in [4.69, 9.17) is 9.47 Å². The fourth-order valence-electron chi connectivity index (χ4n) is 3.53. The van der Waals surface area contributed by atoms with E-state index in [9.17, 15) is 14.9 Å². The van der Waals surface area contributed by atoms with Crippen molar-refractivity contribution in [2.24, 2.45) is 0 Å². The molecule has 1 amide bonds. The molecule has 0 atom stereocenters.